The molecule has 106 valence electrons. The van der Waals surface area contributed by atoms with Crippen molar-refractivity contribution in [1.29, 1.82) is 0 Å². The van der Waals surface area contributed by atoms with Gasteiger partial charge in [-0.1, -0.05) is 29.3 Å². The van der Waals surface area contributed by atoms with Crippen LogP contribution in [-0.4, -0.2) is 13.4 Å². The van der Waals surface area contributed by atoms with Crippen molar-refractivity contribution in [2.45, 2.75) is 12.7 Å². The molecule has 0 saturated carbocycles. The Bertz CT molecular complexity index is 713. The molecule has 0 atom stereocenters. The Morgan fingerprint density at radius 2 is 1.80 bits per heavy atom. The lowest BCUT2D eigenvalue weighted by molar-refractivity contribution is 0.600. The lowest BCUT2D eigenvalue weighted by Gasteiger charge is -2.08. The van der Waals surface area contributed by atoms with E-state index in [1.807, 2.05) is 0 Å². The van der Waals surface area contributed by atoms with Crippen LogP contribution in [0.25, 0.3) is 0 Å². The van der Waals surface area contributed by atoms with Gasteiger partial charge in [-0.05, 0) is 42.8 Å². The lowest BCUT2D eigenvalue weighted by atomic mass is 10.2. The van der Waals surface area contributed by atoms with Gasteiger partial charge in [-0.3, -0.25) is 4.72 Å². The van der Waals surface area contributed by atoms with Gasteiger partial charge in [-0.25, -0.2) is 13.4 Å². The highest BCUT2D eigenvalue weighted by molar-refractivity contribution is 7.91. The average molecular weight is 331 g/mol. The van der Waals surface area contributed by atoms with E-state index in [1.165, 1.54) is 0 Å². The predicted molar refractivity (Wildman–Crippen MR) is 81.7 cm³/mol. The number of aromatic nitrogens is 1. The zero-order valence-corrected chi connectivity index (χ0v) is 12.9. The first-order valence-electron chi connectivity index (χ1n) is 5.73. The molecule has 0 saturated heterocycles. The lowest BCUT2D eigenvalue weighted by Crippen LogP contribution is -2.16. The van der Waals surface area contributed by atoms with Crippen molar-refractivity contribution in [1.82, 2.24) is 4.98 Å². The van der Waals surface area contributed by atoms with E-state index in [0.29, 0.717) is 15.6 Å². The molecule has 0 aliphatic rings. The molecule has 0 spiro atoms. The zero-order chi connectivity index (χ0) is 14.8. The molecule has 4 nitrogen and oxygen atoms in total. The summed E-state index contributed by atoms with van der Waals surface area (Å²) in [5.41, 5.74) is 1.25. The maximum atomic E-state index is 12.1. The molecule has 0 amide bonds. The van der Waals surface area contributed by atoms with E-state index in [2.05, 4.69) is 9.71 Å². The number of rotatable bonds is 4. The highest BCUT2D eigenvalue weighted by Gasteiger charge is 2.13. The van der Waals surface area contributed by atoms with Crippen molar-refractivity contribution in [3.8, 4) is 0 Å². The van der Waals surface area contributed by atoms with Gasteiger partial charge in [0.05, 0.1) is 5.75 Å². The summed E-state index contributed by atoms with van der Waals surface area (Å²) in [6, 6.07) is 9.79. The second kappa shape index (κ2) is 5.99. The number of anilines is 1. The summed E-state index contributed by atoms with van der Waals surface area (Å²) in [7, 11) is -3.57. The monoisotopic (exact) mass is 330 g/mol. The third-order valence-corrected chi connectivity index (χ3v) is 4.10. The van der Waals surface area contributed by atoms with E-state index in [9.17, 15) is 8.42 Å². The number of pyridine rings is 1. The smallest absolute Gasteiger partial charge is 0.238 e. The fourth-order valence-corrected chi connectivity index (χ4v) is 3.39. The van der Waals surface area contributed by atoms with Crippen molar-refractivity contribution in [3.05, 3.63) is 57.7 Å². The Labute approximate surface area is 127 Å². The van der Waals surface area contributed by atoms with Crippen LogP contribution < -0.4 is 4.72 Å². The van der Waals surface area contributed by atoms with Gasteiger partial charge in [0.25, 0.3) is 0 Å². The number of aryl methyl sites for hydroxylation is 1. The Morgan fingerprint density at radius 1 is 1.15 bits per heavy atom. The first-order chi connectivity index (χ1) is 9.34. The van der Waals surface area contributed by atoms with Crippen LogP contribution in [0.2, 0.25) is 10.0 Å². The number of hydrogen-bond acceptors (Lipinski definition) is 3. The molecular weight excluding hydrogens is 319 g/mol. The standard InChI is InChI=1S/C13H12Cl2N2O2S/c1-9-3-2-4-13(16-9)17-20(18,19)8-10-5-11(14)7-12(15)6-10/h2-7H,8H2,1H3,(H,16,17). The van der Waals surface area contributed by atoms with Crippen LogP contribution in [0.1, 0.15) is 11.3 Å². The molecule has 1 heterocycles. The van der Waals surface area contributed by atoms with Gasteiger partial charge in [0.15, 0.2) is 0 Å². The first kappa shape index (κ1) is 15.1. The number of nitrogens with zero attached hydrogens (tertiary/aromatic N) is 1. The first-order valence-corrected chi connectivity index (χ1v) is 8.14. The zero-order valence-electron chi connectivity index (χ0n) is 10.6. The van der Waals surface area contributed by atoms with Crippen LogP contribution in [0.5, 0.6) is 0 Å². The van der Waals surface area contributed by atoms with Crippen LogP contribution >= 0.6 is 23.2 Å². The van der Waals surface area contributed by atoms with Crippen molar-refractivity contribution < 1.29 is 8.42 Å². The number of hydrogen-bond donors (Lipinski definition) is 1. The van der Waals surface area contributed by atoms with Crippen LogP contribution in [0.3, 0.4) is 0 Å². The Hall–Kier alpha value is -1.30. The highest BCUT2D eigenvalue weighted by atomic mass is 35.5. The minimum Gasteiger partial charge on any atom is -0.267 e. The summed E-state index contributed by atoms with van der Waals surface area (Å²) >= 11 is 11.7. The highest BCUT2D eigenvalue weighted by Crippen LogP contribution is 2.21. The average Bonchev–Trinajstić information content (AvgIpc) is 2.25. The molecule has 20 heavy (non-hydrogen) atoms. The van der Waals surface area contributed by atoms with E-state index in [1.54, 1.807) is 43.3 Å². The van der Waals surface area contributed by atoms with E-state index in [0.717, 1.165) is 5.69 Å². The second-order valence-electron chi connectivity index (χ2n) is 4.30. The summed E-state index contributed by atoms with van der Waals surface area (Å²) in [4.78, 5) is 4.09. The molecule has 2 aromatic rings. The van der Waals surface area contributed by atoms with E-state index in [-0.39, 0.29) is 11.6 Å². The summed E-state index contributed by atoms with van der Waals surface area (Å²) < 4.78 is 26.6. The van der Waals surface area contributed by atoms with Gasteiger partial charge in [-0.2, -0.15) is 0 Å². The molecule has 0 aliphatic heterocycles. The number of benzene rings is 1. The van der Waals surface area contributed by atoms with Crippen LogP contribution in [0, 0.1) is 6.92 Å². The summed E-state index contributed by atoms with van der Waals surface area (Å²) in [5, 5.41) is 0.799. The molecule has 1 aromatic heterocycles. The van der Waals surface area contributed by atoms with Gasteiger partial charge >= 0.3 is 0 Å². The van der Waals surface area contributed by atoms with Crippen molar-refractivity contribution in [2.24, 2.45) is 0 Å². The molecule has 7 heteroatoms. The SMILES string of the molecule is Cc1cccc(NS(=O)(=O)Cc2cc(Cl)cc(Cl)c2)n1. The summed E-state index contributed by atoms with van der Waals surface area (Å²) in [5.74, 6) is 0.0706. The second-order valence-corrected chi connectivity index (χ2v) is 6.90. The van der Waals surface area contributed by atoms with Crippen LogP contribution in [0.15, 0.2) is 36.4 Å². The van der Waals surface area contributed by atoms with Crippen molar-refractivity contribution >= 4 is 39.0 Å². The van der Waals surface area contributed by atoms with Gasteiger partial charge in [-0.15, -0.1) is 0 Å². The third kappa shape index (κ3) is 4.37. The van der Waals surface area contributed by atoms with E-state index in [4.69, 9.17) is 23.2 Å². The van der Waals surface area contributed by atoms with Gasteiger partial charge in [0.2, 0.25) is 10.0 Å². The molecular formula is C13H12Cl2N2O2S. The molecule has 2 rings (SSSR count). The minimum atomic E-state index is -3.57. The fraction of sp³-hybridized carbons (Fsp3) is 0.154. The molecule has 0 unspecified atom stereocenters. The molecule has 1 aromatic carbocycles. The van der Waals surface area contributed by atoms with E-state index >= 15 is 0 Å². The van der Waals surface area contributed by atoms with Crippen LogP contribution in [0.4, 0.5) is 5.82 Å². The minimum absolute atomic E-state index is 0.219. The largest absolute Gasteiger partial charge is 0.267 e. The Morgan fingerprint density at radius 3 is 2.40 bits per heavy atom. The molecule has 0 aliphatic carbocycles. The maximum absolute atomic E-state index is 12.1. The van der Waals surface area contributed by atoms with E-state index < -0.39 is 10.0 Å². The molecule has 1 N–H and O–H groups in total. The van der Waals surface area contributed by atoms with Gasteiger partial charge in [0, 0.05) is 15.7 Å². The normalized spacial score (nSPS) is 11.3. The molecule has 0 radical (unpaired) electrons. The van der Waals surface area contributed by atoms with Crippen LogP contribution in [-0.2, 0) is 15.8 Å². The Kier molecular flexibility index (Phi) is 4.52. The Balaban J connectivity index is 2.19. The maximum Gasteiger partial charge on any atom is 0.238 e. The number of halogens is 2. The summed E-state index contributed by atoms with van der Waals surface area (Å²) in [6.45, 7) is 1.79. The van der Waals surface area contributed by atoms with Crippen molar-refractivity contribution in [2.75, 3.05) is 4.72 Å². The fourth-order valence-electron chi connectivity index (χ4n) is 1.71. The third-order valence-electron chi connectivity index (χ3n) is 2.43. The quantitative estimate of drug-likeness (QED) is 0.930. The molecule has 0 bridgehead atoms. The number of sulfonamides is 1. The topological polar surface area (TPSA) is 59.1 Å². The van der Waals surface area contributed by atoms with Crippen molar-refractivity contribution in [3.63, 3.8) is 0 Å². The predicted octanol–water partition coefficient (Wildman–Crippen LogP) is 3.64. The van der Waals surface area contributed by atoms with Gasteiger partial charge in [0.1, 0.15) is 5.82 Å². The summed E-state index contributed by atoms with van der Waals surface area (Å²) in [6.07, 6.45) is 0. The van der Waals surface area contributed by atoms with Gasteiger partial charge < -0.3 is 0 Å². The molecule has 0 fully saturated rings. The number of nitrogens with one attached hydrogen (secondary N) is 1.